The van der Waals surface area contributed by atoms with Gasteiger partial charge in [0.25, 0.3) is 11.8 Å². The number of nitrogens with one attached hydrogen (secondary N) is 1. The summed E-state index contributed by atoms with van der Waals surface area (Å²) >= 11 is 0. The summed E-state index contributed by atoms with van der Waals surface area (Å²) in [6.07, 6.45) is 2.96. The summed E-state index contributed by atoms with van der Waals surface area (Å²) in [6, 6.07) is 10.4. The molecular weight excluding hydrogens is 308 g/mol. The molecule has 1 aliphatic heterocycles. The summed E-state index contributed by atoms with van der Waals surface area (Å²) < 4.78 is 10.2. The maximum absolute atomic E-state index is 12.3. The number of piperidine rings is 1. The monoisotopic (exact) mass is 328 g/mol. The molecule has 0 unspecified atom stereocenters. The molecule has 1 saturated heterocycles. The first kappa shape index (κ1) is 16.1. The van der Waals surface area contributed by atoms with E-state index in [0.29, 0.717) is 24.4 Å². The molecule has 0 spiro atoms. The van der Waals surface area contributed by atoms with Crippen molar-refractivity contribution in [3.8, 4) is 5.75 Å². The van der Waals surface area contributed by atoms with Crippen molar-refractivity contribution in [2.75, 3.05) is 20.2 Å². The first-order chi connectivity index (χ1) is 11.7. The first-order valence-corrected chi connectivity index (χ1v) is 7.95. The van der Waals surface area contributed by atoms with Crippen LogP contribution in [0.25, 0.3) is 0 Å². The van der Waals surface area contributed by atoms with Crippen molar-refractivity contribution in [1.82, 2.24) is 10.2 Å². The van der Waals surface area contributed by atoms with Crippen LogP contribution >= 0.6 is 0 Å². The molecule has 0 radical (unpaired) electrons. The van der Waals surface area contributed by atoms with Gasteiger partial charge in [-0.25, -0.2) is 0 Å². The number of rotatable bonds is 4. The Balaban J connectivity index is 1.51. The molecular formula is C18H20N2O4. The van der Waals surface area contributed by atoms with E-state index in [1.165, 1.54) is 6.26 Å². The molecule has 0 aliphatic carbocycles. The van der Waals surface area contributed by atoms with Crippen LogP contribution < -0.4 is 10.1 Å². The van der Waals surface area contributed by atoms with E-state index in [1.54, 1.807) is 48.4 Å². The second-order valence-corrected chi connectivity index (χ2v) is 5.75. The van der Waals surface area contributed by atoms with Crippen LogP contribution in [0.2, 0.25) is 0 Å². The van der Waals surface area contributed by atoms with Gasteiger partial charge in [-0.3, -0.25) is 9.59 Å². The highest BCUT2D eigenvalue weighted by molar-refractivity contribution is 5.94. The summed E-state index contributed by atoms with van der Waals surface area (Å²) in [7, 11) is 1.59. The third-order valence-corrected chi connectivity index (χ3v) is 4.20. The molecule has 1 aromatic carbocycles. The molecule has 2 amide bonds. The van der Waals surface area contributed by atoms with Crippen molar-refractivity contribution in [2.24, 2.45) is 0 Å². The van der Waals surface area contributed by atoms with Gasteiger partial charge in [-0.05, 0) is 49.2 Å². The fourth-order valence-electron chi connectivity index (χ4n) is 2.79. The van der Waals surface area contributed by atoms with Gasteiger partial charge < -0.3 is 19.4 Å². The van der Waals surface area contributed by atoms with Crippen LogP contribution in [0.15, 0.2) is 47.1 Å². The van der Waals surface area contributed by atoms with Crippen molar-refractivity contribution >= 4 is 11.8 Å². The van der Waals surface area contributed by atoms with Gasteiger partial charge in [0.05, 0.1) is 13.4 Å². The zero-order valence-corrected chi connectivity index (χ0v) is 13.5. The Morgan fingerprint density at radius 3 is 2.46 bits per heavy atom. The molecule has 0 bridgehead atoms. The highest BCUT2D eigenvalue weighted by atomic mass is 16.5. The molecule has 1 aliphatic rings. The molecule has 2 aromatic rings. The topological polar surface area (TPSA) is 71.8 Å². The fraction of sp³-hybridized carbons (Fsp3) is 0.333. The number of amides is 2. The molecule has 126 valence electrons. The van der Waals surface area contributed by atoms with Gasteiger partial charge in [-0.2, -0.15) is 0 Å². The van der Waals surface area contributed by atoms with E-state index in [4.69, 9.17) is 9.15 Å². The fourth-order valence-corrected chi connectivity index (χ4v) is 2.79. The number of hydrogen-bond acceptors (Lipinski definition) is 4. The third kappa shape index (κ3) is 3.59. The molecule has 1 aromatic heterocycles. The Labute approximate surface area is 140 Å². The molecule has 2 heterocycles. The van der Waals surface area contributed by atoms with Crippen LogP contribution in [0.1, 0.15) is 33.8 Å². The zero-order valence-electron chi connectivity index (χ0n) is 13.5. The molecule has 6 nitrogen and oxygen atoms in total. The van der Waals surface area contributed by atoms with Crippen molar-refractivity contribution in [3.63, 3.8) is 0 Å². The Bertz CT molecular complexity index is 686. The average Bonchev–Trinajstić information content (AvgIpc) is 3.16. The smallest absolute Gasteiger partial charge is 0.289 e. The van der Waals surface area contributed by atoms with E-state index in [9.17, 15) is 9.59 Å². The van der Waals surface area contributed by atoms with Gasteiger partial charge in [-0.15, -0.1) is 0 Å². The number of benzene rings is 1. The average molecular weight is 328 g/mol. The minimum absolute atomic E-state index is 0.0697. The van der Waals surface area contributed by atoms with Gasteiger partial charge in [0.2, 0.25) is 0 Å². The van der Waals surface area contributed by atoms with Crippen LogP contribution in [0, 0.1) is 0 Å². The Morgan fingerprint density at radius 2 is 1.88 bits per heavy atom. The van der Waals surface area contributed by atoms with Crippen molar-refractivity contribution in [1.29, 1.82) is 0 Å². The number of ether oxygens (including phenoxy) is 1. The van der Waals surface area contributed by atoms with Crippen molar-refractivity contribution in [3.05, 3.63) is 54.0 Å². The number of hydrogen-bond donors (Lipinski definition) is 1. The van der Waals surface area contributed by atoms with E-state index < -0.39 is 0 Å². The van der Waals surface area contributed by atoms with Gasteiger partial charge >= 0.3 is 0 Å². The van der Waals surface area contributed by atoms with E-state index in [2.05, 4.69) is 5.32 Å². The van der Waals surface area contributed by atoms with E-state index >= 15 is 0 Å². The predicted octanol–water partition coefficient (Wildman–Crippen LogP) is 2.32. The van der Waals surface area contributed by atoms with Crippen molar-refractivity contribution in [2.45, 2.75) is 18.9 Å². The highest BCUT2D eigenvalue weighted by Gasteiger charge is 2.26. The second kappa shape index (κ2) is 7.21. The number of furan rings is 1. The SMILES string of the molecule is COc1ccc(C(=O)NC2CCN(C(=O)c3ccco3)CC2)cc1. The quantitative estimate of drug-likeness (QED) is 0.935. The lowest BCUT2D eigenvalue weighted by molar-refractivity contribution is 0.0667. The summed E-state index contributed by atoms with van der Waals surface area (Å²) in [5, 5.41) is 3.03. The summed E-state index contributed by atoms with van der Waals surface area (Å²) in [4.78, 5) is 26.2. The first-order valence-electron chi connectivity index (χ1n) is 7.95. The molecule has 0 atom stereocenters. The Kier molecular flexibility index (Phi) is 4.84. The zero-order chi connectivity index (χ0) is 16.9. The molecule has 1 fully saturated rings. The predicted molar refractivity (Wildman–Crippen MR) is 88.1 cm³/mol. The number of carbonyl (C=O) groups excluding carboxylic acids is 2. The minimum atomic E-state index is -0.103. The van der Waals surface area contributed by atoms with Crippen LogP contribution in [-0.2, 0) is 0 Å². The number of nitrogens with zero attached hydrogens (tertiary/aromatic N) is 1. The van der Waals surface area contributed by atoms with Gasteiger partial charge in [0.15, 0.2) is 5.76 Å². The lowest BCUT2D eigenvalue weighted by Crippen LogP contribution is -2.46. The molecule has 24 heavy (non-hydrogen) atoms. The Morgan fingerprint density at radius 1 is 1.17 bits per heavy atom. The maximum Gasteiger partial charge on any atom is 0.289 e. The third-order valence-electron chi connectivity index (χ3n) is 4.20. The van der Waals surface area contributed by atoms with Gasteiger partial charge in [0, 0.05) is 24.7 Å². The Hall–Kier alpha value is -2.76. The van der Waals surface area contributed by atoms with E-state index in [-0.39, 0.29) is 17.9 Å². The van der Waals surface area contributed by atoms with Gasteiger partial charge in [0.1, 0.15) is 5.75 Å². The van der Waals surface area contributed by atoms with Crippen LogP contribution in [-0.4, -0.2) is 43.0 Å². The van der Waals surface area contributed by atoms with E-state index in [0.717, 1.165) is 18.6 Å². The summed E-state index contributed by atoms with van der Waals surface area (Å²) in [5.74, 6) is 0.875. The molecule has 1 N–H and O–H groups in total. The lowest BCUT2D eigenvalue weighted by Gasteiger charge is -2.31. The second-order valence-electron chi connectivity index (χ2n) is 5.75. The molecule has 3 rings (SSSR count). The van der Waals surface area contributed by atoms with Crippen molar-refractivity contribution < 1.29 is 18.7 Å². The van der Waals surface area contributed by atoms with E-state index in [1.807, 2.05) is 0 Å². The van der Waals surface area contributed by atoms with Gasteiger partial charge in [-0.1, -0.05) is 0 Å². The normalized spacial score (nSPS) is 15.1. The van der Waals surface area contributed by atoms with Crippen LogP contribution in [0.5, 0.6) is 5.75 Å². The number of methoxy groups -OCH3 is 1. The maximum atomic E-state index is 12.3. The summed E-state index contributed by atoms with van der Waals surface area (Å²) in [6.45, 7) is 1.21. The lowest BCUT2D eigenvalue weighted by atomic mass is 10.0. The standard InChI is InChI=1S/C18H20N2O4/c1-23-15-6-4-13(5-7-15)17(21)19-14-8-10-20(11-9-14)18(22)16-3-2-12-24-16/h2-7,12,14H,8-11H2,1H3,(H,19,21). The number of likely N-dealkylation sites (tertiary alicyclic amines) is 1. The molecule has 6 heteroatoms. The minimum Gasteiger partial charge on any atom is -0.497 e. The largest absolute Gasteiger partial charge is 0.497 e. The summed E-state index contributed by atoms with van der Waals surface area (Å²) in [5.41, 5.74) is 0.602. The van der Waals surface area contributed by atoms with Crippen LogP contribution in [0.4, 0.5) is 0 Å². The van der Waals surface area contributed by atoms with Crippen LogP contribution in [0.3, 0.4) is 0 Å². The number of carbonyl (C=O) groups is 2. The molecule has 0 saturated carbocycles. The highest BCUT2D eigenvalue weighted by Crippen LogP contribution is 2.16.